The summed E-state index contributed by atoms with van der Waals surface area (Å²) < 4.78 is 24.4. The van der Waals surface area contributed by atoms with Crippen molar-refractivity contribution >= 4 is 11.8 Å². The molecule has 234 valence electrons. The summed E-state index contributed by atoms with van der Waals surface area (Å²) in [6, 6.07) is -0.213. The maximum Gasteiger partial charge on any atom is 0.311 e. The Bertz CT molecular complexity index is 851. The van der Waals surface area contributed by atoms with E-state index in [-0.39, 0.29) is 30.8 Å². The maximum absolute atomic E-state index is 13.5. The van der Waals surface area contributed by atoms with Gasteiger partial charge in [0, 0.05) is 30.9 Å². The number of ether oxygens (including phenoxy) is 4. The number of rotatable bonds is 5. The highest BCUT2D eigenvalue weighted by molar-refractivity contribution is 5.83. The van der Waals surface area contributed by atoms with E-state index < -0.39 is 71.5 Å². The minimum absolute atomic E-state index is 0.0580. The Morgan fingerprint density at radius 1 is 1.00 bits per heavy atom. The zero-order chi connectivity index (χ0) is 30.7. The van der Waals surface area contributed by atoms with Crippen molar-refractivity contribution in [3.8, 4) is 0 Å². The van der Waals surface area contributed by atoms with E-state index in [0.29, 0.717) is 12.8 Å². The summed E-state index contributed by atoms with van der Waals surface area (Å²) in [6.07, 6.45) is -3.77. The topological polar surface area (TPSA) is 135 Å². The normalized spacial score (nSPS) is 46.6. The van der Waals surface area contributed by atoms with E-state index in [1.165, 1.54) is 7.11 Å². The van der Waals surface area contributed by atoms with Crippen LogP contribution in [0.5, 0.6) is 0 Å². The lowest BCUT2D eigenvalue weighted by molar-refractivity contribution is -0.301. The lowest BCUT2D eigenvalue weighted by Crippen LogP contribution is -2.59. The van der Waals surface area contributed by atoms with E-state index in [4.69, 9.17) is 18.9 Å². The number of hydrogen-bond donors (Lipinski definition) is 3. The maximum atomic E-state index is 13.5. The molecule has 40 heavy (non-hydrogen) atoms. The lowest BCUT2D eigenvalue weighted by Gasteiger charge is -2.48. The van der Waals surface area contributed by atoms with Crippen molar-refractivity contribution in [3.63, 3.8) is 0 Å². The molecule has 0 aromatic heterocycles. The second-order valence-corrected chi connectivity index (χ2v) is 13.1. The predicted octanol–water partition coefficient (Wildman–Crippen LogP) is 2.54. The van der Waals surface area contributed by atoms with E-state index >= 15 is 0 Å². The molecule has 2 rings (SSSR count). The van der Waals surface area contributed by atoms with Gasteiger partial charge in [-0.15, -0.1) is 0 Å². The van der Waals surface area contributed by atoms with Gasteiger partial charge in [-0.2, -0.15) is 0 Å². The third-order valence-corrected chi connectivity index (χ3v) is 9.25. The number of esters is 1. The van der Waals surface area contributed by atoms with Crippen molar-refractivity contribution in [2.45, 2.75) is 135 Å². The minimum Gasteiger partial charge on any atom is -0.459 e. The molecule has 13 atom stereocenters. The molecule has 10 nitrogen and oxygen atoms in total. The van der Waals surface area contributed by atoms with Crippen LogP contribution in [0.25, 0.3) is 0 Å². The van der Waals surface area contributed by atoms with Crippen LogP contribution in [-0.4, -0.2) is 107 Å². The number of methoxy groups -OCH3 is 1. The first-order valence-electron chi connectivity index (χ1n) is 14.7. The number of ketones is 1. The number of carbonyl (C=O) groups is 2. The molecule has 2 aliphatic rings. The summed E-state index contributed by atoms with van der Waals surface area (Å²) in [6.45, 7) is 14.1. The summed E-state index contributed by atoms with van der Waals surface area (Å²) in [5.41, 5.74) is -2.53. The van der Waals surface area contributed by atoms with Crippen molar-refractivity contribution in [2.75, 3.05) is 21.2 Å². The number of aliphatic hydroxyl groups excluding tert-OH is 2. The Labute approximate surface area is 240 Å². The third-order valence-electron chi connectivity index (χ3n) is 9.25. The molecule has 0 spiro atoms. The number of cyclic esters (lactones) is 1. The van der Waals surface area contributed by atoms with Gasteiger partial charge in [-0.3, -0.25) is 9.59 Å². The molecule has 0 aromatic carbocycles. The van der Waals surface area contributed by atoms with Crippen molar-refractivity contribution in [2.24, 2.45) is 23.7 Å². The first-order chi connectivity index (χ1) is 18.4. The van der Waals surface area contributed by atoms with Crippen molar-refractivity contribution < 1.29 is 43.9 Å². The monoisotopic (exact) mass is 573 g/mol. The Morgan fingerprint density at radius 3 is 2.10 bits per heavy atom. The summed E-state index contributed by atoms with van der Waals surface area (Å²) in [5.74, 6) is -3.33. The van der Waals surface area contributed by atoms with Gasteiger partial charge in [0.2, 0.25) is 0 Å². The van der Waals surface area contributed by atoms with Crippen LogP contribution in [0.2, 0.25) is 0 Å². The third kappa shape index (κ3) is 7.82. The average Bonchev–Trinajstić information content (AvgIpc) is 2.88. The Balaban J connectivity index is 2.56. The van der Waals surface area contributed by atoms with Gasteiger partial charge >= 0.3 is 5.97 Å². The molecule has 10 heteroatoms. The molecular weight excluding hydrogens is 518 g/mol. The van der Waals surface area contributed by atoms with Crippen LogP contribution in [0.15, 0.2) is 0 Å². The van der Waals surface area contributed by atoms with E-state index in [1.807, 2.05) is 39.8 Å². The second kappa shape index (κ2) is 13.9. The van der Waals surface area contributed by atoms with Crippen LogP contribution >= 0.6 is 0 Å². The summed E-state index contributed by atoms with van der Waals surface area (Å²) in [5, 5.41) is 33.9. The number of hydrogen-bond acceptors (Lipinski definition) is 10. The molecule has 2 aliphatic heterocycles. The molecule has 0 bridgehead atoms. The predicted molar refractivity (Wildman–Crippen MR) is 150 cm³/mol. The largest absolute Gasteiger partial charge is 0.459 e. The quantitative estimate of drug-likeness (QED) is 0.421. The zero-order valence-electron chi connectivity index (χ0n) is 26.4. The fraction of sp³-hybridized carbons (Fsp3) is 0.933. The molecule has 2 fully saturated rings. The van der Waals surface area contributed by atoms with Gasteiger partial charge in [0.25, 0.3) is 0 Å². The number of carbonyl (C=O) groups excluding carboxylic acids is 2. The molecule has 2 unspecified atom stereocenters. The van der Waals surface area contributed by atoms with Crippen LogP contribution in [0.4, 0.5) is 0 Å². The van der Waals surface area contributed by atoms with Gasteiger partial charge in [-0.1, -0.05) is 27.7 Å². The molecular formula is C30H55NO9. The minimum atomic E-state index is -1.43. The summed E-state index contributed by atoms with van der Waals surface area (Å²) >= 11 is 0. The van der Waals surface area contributed by atoms with Crippen molar-refractivity contribution in [1.29, 1.82) is 0 Å². The fourth-order valence-corrected chi connectivity index (χ4v) is 6.66. The van der Waals surface area contributed by atoms with Gasteiger partial charge in [0.1, 0.15) is 18.0 Å². The van der Waals surface area contributed by atoms with Crippen molar-refractivity contribution in [1.82, 2.24) is 4.90 Å². The van der Waals surface area contributed by atoms with Crippen LogP contribution in [0.1, 0.15) is 81.1 Å². The summed E-state index contributed by atoms with van der Waals surface area (Å²) in [4.78, 5) is 28.7. The van der Waals surface area contributed by atoms with Gasteiger partial charge in [-0.25, -0.2) is 0 Å². The van der Waals surface area contributed by atoms with Gasteiger partial charge in [-0.05, 0) is 67.5 Å². The molecule has 0 aromatic rings. The zero-order valence-corrected chi connectivity index (χ0v) is 26.4. The Morgan fingerprint density at radius 2 is 1.57 bits per heavy atom. The van der Waals surface area contributed by atoms with Crippen molar-refractivity contribution in [3.05, 3.63) is 0 Å². The standard InChI is InChI=1S/C30H55NO9/c1-12-22-29(7,36)14-16(2)23(32)17(3)15-30(8,37-11)26(19(5)24(33)20(6)27(35)39-22)40-28-25(34)21(31(9)10)13-18(4)38-28/h16-22,24-26,28,33-34,36H,12-15H2,1-11H3/t16-,17-,18-,19+,20-,21+,22+,24-,25-,26-,28?,29+,30?/m1/s1. The van der Waals surface area contributed by atoms with Crippen LogP contribution in [0, 0.1) is 23.7 Å². The molecule has 0 amide bonds. The lowest BCUT2D eigenvalue weighted by atomic mass is 9.74. The number of Topliss-reactive ketones (excluding diaryl/α,β-unsaturated/α-hetero) is 1. The van der Waals surface area contributed by atoms with E-state index in [1.54, 1.807) is 34.6 Å². The fourth-order valence-electron chi connectivity index (χ4n) is 6.66. The number of aliphatic hydroxyl groups is 3. The van der Waals surface area contributed by atoms with E-state index in [0.717, 1.165) is 0 Å². The molecule has 0 aliphatic carbocycles. The number of likely N-dealkylation sites (N-methyl/N-ethyl adjacent to an activating group) is 1. The van der Waals surface area contributed by atoms with Gasteiger partial charge in [0.15, 0.2) is 6.29 Å². The molecule has 2 saturated heterocycles. The van der Waals surface area contributed by atoms with Crippen LogP contribution < -0.4 is 0 Å². The molecule has 0 saturated carbocycles. The Hall–Kier alpha value is -1.14. The van der Waals surface area contributed by atoms with Gasteiger partial charge < -0.3 is 39.2 Å². The molecule has 2 heterocycles. The SMILES string of the molecule is CC[C@@H]1OC(=O)[C@H](C)[C@H](O)[C@H](C)[C@@H](OC2O[C@H](C)C[C@H](N(C)C)[C@H]2O)C(C)(OC)C[C@@H](C)C(=O)[C@H](C)C[C@]1(C)O. The highest BCUT2D eigenvalue weighted by Crippen LogP contribution is 2.39. The highest BCUT2D eigenvalue weighted by Gasteiger charge is 2.50. The second-order valence-electron chi connectivity index (χ2n) is 13.1. The summed E-state index contributed by atoms with van der Waals surface area (Å²) in [7, 11) is 5.30. The van der Waals surface area contributed by atoms with E-state index in [2.05, 4.69) is 0 Å². The number of nitrogens with zero attached hydrogens (tertiary/aromatic N) is 1. The van der Waals surface area contributed by atoms with Gasteiger partial charge in [0.05, 0.1) is 35.4 Å². The van der Waals surface area contributed by atoms with E-state index in [9.17, 15) is 24.9 Å². The Kier molecular flexibility index (Phi) is 12.2. The molecule has 0 radical (unpaired) electrons. The van der Waals surface area contributed by atoms with Crippen LogP contribution in [-0.2, 0) is 28.5 Å². The first-order valence-corrected chi connectivity index (χ1v) is 14.7. The average molecular weight is 574 g/mol. The highest BCUT2D eigenvalue weighted by atomic mass is 16.7. The van der Waals surface area contributed by atoms with Crippen LogP contribution in [0.3, 0.4) is 0 Å². The molecule has 3 N–H and O–H groups in total. The first kappa shape index (κ1) is 35.1. The smallest absolute Gasteiger partial charge is 0.311 e.